The van der Waals surface area contributed by atoms with E-state index in [0.29, 0.717) is 37.2 Å². The van der Waals surface area contributed by atoms with Gasteiger partial charge in [-0.1, -0.05) is 17.7 Å². The van der Waals surface area contributed by atoms with E-state index in [1.807, 2.05) is 57.5 Å². The van der Waals surface area contributed by atoms with Crippen molar-refractivity contribution >= 4 is 29.3 Å². The zero-order valence-electron chi connectivity index (χ0n) is 21.8. The molecular weight excluding hydrogens is 495 g/mol. The average molecular weight is 527 g/mol. The van der Waals surface area contributed by atoms with E-state index in [-0.39, 0.29) is 22.9 Å². The second-order valence-electron chi connectivity index (χ2n) is 10.4. The molecule has 2 amide bonds. The number of benzene rings is 2. The summed E-state index contributed by atoms with van der Waals surface area (Å²) < 4.78 is 20.9. The number of anilines is 1. The number of ether oxygens (including phenoxy) is 1. The van der Waals surface area contributed by atoms with Crippen LogP contribution in [0.3, 0.4) is 0 Å². The fourth-order valence-electron chi connectivity index (χ4n) is 4.42. The monoisotopic (exact) mass is 526 g/mol. The molecule has 37 heavy (non-hydrogen) atoms. The number of amides is 2. The Morgan fingerprint density at radius 3 is 2.41 bits per heavy atom. The molecule has 0 aliphatic carbocycles. The minimum atomic E-state index is -0.565. The van der Waals surface area contributed by atoms with Crippen LogP contribution in [-0.4, -0.2) is 45.4 Å². The van der Waals surface area contributed by atoms with E-state index in [1.165, 1.54) is 18.2 Å². The number of nitrogens with one attached hydrogen (secondary N) is 1. The number of aromatic nitrogens is 2. The third-order valence-electron chi connectivity index (χ3n) is 6.50. The highest BCUT2D eigenvalue weighted by Crippen LogP contribution is 2.33. The van der Waals surface area contributed by atoms with Crippen molar-refractivity contribution < 1.29 is 18.7 Å². The number of carbonyl (C=O) groups is 2. The van der Waals surface area contributed by atoms with E-state index < -0.39 is 11.4 Å². The molecule has 196 valence electrons. The number of likely N-dealkylation sites (tertiary alicyclic amines) is 1. The number of aryl methyl sites for hydroxylation is 2. The van der Waals surface area contributed by atoms with Crippen LogP contribution in [0.25, 0.3) is 5.69 Å². The van der Waals surface area contributed by atoms with Crippen molar-refractivity contribution in [1.82, 2.24) is 14.7 Å². The summed E-state index contributed by atoms with van der Waals surface area (Å²) in [7, 11) is 0. The molecule has 2 aromatic carbocycles. The summed E-state index contributed by atoms with van der Waals surface area (Å²) in [6.07, 6.45) is 2.53. The molecule has 9 heteroatoms. The van der Waals surface area contributed by atoms with Gasteiger partial charge in [0.1, 0.15) is 11.4 Å². The molecule has 2 heterocycles. The van der Waals surface area contributed by atoms with Crippen LogP contribution in [0.5, 0.6) is 0 Å². The normalized spacial score (nSPS) is 14.5. The summed E-state index contributed by atoms with van der Waals surface area (Å²) in [4.78, 5) is 27.7. The fourth-order valence-corrected chi connectivity index (χ4v) is 4.60. The Kier molecular flexibility index (Phi) is 7.59. The molecule has 1 aliphatic heterocycles. The van der Waals surface area contributed by atoms with E-state index in [2.05, 4.69) is 10.4 Å². The van der Waals surface area contributed by atoms with E-state index >= 15 is 0 Å². The maximum atomic E-state index is 13.6. The summed E-state index contributed by atoms with van der Waals surface area (Å²) in [5.41, 5.74) is 4.16. The topological polar surface area (TPSA) is 76.5 Å². The van der Waals surface area contributed by atoms with Gasteiger partial charge in [0, 0.05) is 24.7 Å². The predicted octanol–water partition coefficient (Wildman–Crippen LogP) is 6.65. The van der Waals surface area contributed by atoms with E-state index in [0.717, 1.165) is 22.5 Å². The SMILES string of the molecule is Cc1ccc(-n2ncc(C(=O)Nc3ccc(F)c(Cl)c3)c2C2CCN(C(=O)OC(C)(C)C)CC2)cc1C. The number of nitrogens with zero attached hydrogens (tertiary/aromatic N) is 3. The smallest absolute Gasteiger partial charge is 0.410 e. The molecule has 4 rings (SSSR count). The number of hydrogen-bond acceptors (Lipinski definition) is 4. The molecule has 0 unspecified atom stereocenters. The lowest BCUT2D eigenvalue weighted by Crippen LogP contribution is -2.41. The number of halogens is 2. The van der Waals surface area contributed by atoms with Gasteiger partial charge >= 0.3 is 6.09 Å². The van der Waals surface area contributed by atoms with Crippen molar-refractivity contribution in [2.24, 2.45) is 0 Å². The number of rotatable bonds is 4. The molecule has 0 atom stereocenters. The van der Waals surface area contributed by atoms with Gasteiger partial charge in [0.15, 0.2) is 0 Å². The lowest BCUT2D eigenvalue weighted by atomic mass is 9.90. The molecule has 1 fully saturated rings. The molecule has 1 N–H and O–H groups in total. The van der Waals surface area contributed by atoms with E-state index in [1.54, 1.807) is 11.1 Å². The summed E-state index contributed by atoms with van der Waals surface area (Å²) in [5, 5.41) is 7.34. The van der Waals surface area contributed by atoms with Crippen molar-refractivity contribution in [3.63, 3.8) is 0 Å². The van der Waals surface area contributed by atoms with Gasteiger partial charge in [-0.2, -0.15) is 5.10 Å². The van der Waals surface area contributed by atoms with Crippen LogP contribution in [0.2, 0.25) is 5.02 Å². The molecule has 1 aromatic heterocycles. The van der Waals surface area contributed by atoms with Crippen LogP contribution < -0.4 is 5.32 Å². The minimum absolute atomic E-state index is 0.0136. The van der Waals surface area contributed by atoms with Crippen LogP contribution in [0, 0.1) is 19.7 Å². The third-order valence-corrected chi connectivity index (χ3v) is 6.79. The first-order valence-corrected chi connectivity index (χ1v) is 12.7. The summed E-state index contributed by atoms with van der Waals surface area (Å²) in [6, 6.07) is 10.1. The highest BCUT2D eigenvalue weighted by Gasteiger charge is 2.32. The highest BCUT2D eigenvalue weighted by molar-refractivity contribution is 6.31. The molecule has 1 aliphatic rings. The van der Waals surface area contributed by atoms with Crippen LogP contribution in [-0.2, 0) is 4.74 Å². The Morgan fingerprint density at radius 1 is 1.08 bits per heavy atom. The summed E-state index contributed by atoms with van der Waals surface area (Å²) in [6.45, 7) is 10.6. The molecule has 3 aromatic rings. The van der Waals surface area contributed by atoms with Crippen molar-refractivity contribution in [2.45, 2.75) is 59.0 Å². The first-order valence-electron chi connectivity index (χ1n) is 12.3. The van der Waals surface area contributed by atoms with Gasteiger partial charge in [-0.25, -0.2) is 13.9 Å². The standard InChI is InChI=1S/C28H32ClFN4O3/c1-17-6-8-21(14-18(17)2)34-25(19-10-12-33(13-11-19)27(36)37-28(3,4)5)22(16-31-34)26(35)32-20-7-9-24(30)23(29)15-20/h6-9,14-16,19H,10-13H2,1-5H3,(H,32,35). The lowest BCUT2D eigenvalue weighted by Gasteiger charge is -2.34. The van der Waals surface area contributed by atoms with Crippen LogP contribution in [0.15, 0.2) is 42.6 Å². The van der Waals surface area contributed by atoms with Gasteiger partial charge in [0.2, 0.25) is 0 Å². The first-order chi connectivity index (χ1) is 17.4. The zero-order chi connectivity index (χ0) is 26.9. The Hall–Kier alpha value is -3.39. The molecule has 0 spiro atoms. The second-order valence-corrected chi connectivity index (χ2v) is 10.9. The molecule has 7 nitrogen and oxygen atoms in total. The van der Waals surface area contributed by atoms with Gasteiger partial charge < -0.3 is 15.0 Å². The maximum Gasteiger partial charge on any atom is 0.410 e. The minimum Gasteiger partial charge on any atom is -0.444 e. The fraction of sp³-hybridized carbons (Fsp3) is 0.393. The van der Waals surface area contributed by atoms with Gasteiger partial charge in [0.25, 0.3) is 5.91 Å². The number of piperidine rings is 1. The highest BCUT2D eigenvalue weighted by atomic mass is 35.5. The average Bonchev–Trinajstić information content (AvgIpc) is 3.27. The Labute approximate surface area is 221 Å². The van der Waals surface area contributed by atoms with Crippen molar-refractivity contribution in [1.29, 1.82) is 0 Å². The van der Waals surface area contributed by atoms with Crippen LogP contribution in [0.4, 0.5) is 14.9 Å². The first kappa shape index (κ1) is 26.7. The van der Waals surface area contributed by atoms with Gasteiger partial charge in [-0.05, 0) is 88.9 Å². The zero-order valence-corrected chi connectivity index (χ0v) is 22.5. The summed E-state index contributed by atoms with van der Waals surface area (Å²) in [5.74, 6) is -0.928. The molecule has 0 saturated carbocycles. The molecular formula is C28H32ClFN4O3. The lowest BCUT2D eigenvalue weighted by molar-refractivity contribution is 0.0203. The van der Waals surface area contributed by atoms with Crippen molar-refractivity contribution in [2.75, 3.05) is 18.4 Å². The van der Waals surface area contributed by atoms with Gasteiger partial charge in [-0.15, -0.1) is 0 Å². The number of carbonyl (C=O) groups excluding carboxylic acids is 2. The van der Waals surface area contributed by atoms with Crippen molar-refractivity contribution in [3.8, 4) is 5.69 Å². The second kappa shape index (κ2) is 10.5. The molecule has 1 saturated heterocycles. The van der Waals surface area contributed by atoms with Crippen molar-refractivity contribution in [3.05, 3.63) is 75.8 Å². The Bertz CT molecular complexity index is 1320. The Morgan fingerprint density at radius 2 is 1.78 bits per heavy atom. The van der Waals surface area contributed by atoms with Crippen LogP contribution >= 0.6 is 11.6 Å². The predicted molar refractivity (Wildman–Crippen MR) is 142 cm³/mol. The largest absolute Gasteiger partial charge is 0.444 e. The van der Waals surface area contributed by atoms with Gasteiger partial charge in [-0.3, -0.25) is 4.79 Å². The molecule has 0 bridgehead atoms. The summed E-state index contributed by atoms with van der Waals surface area (Å²) >= 11 is 5.90. The molecule has 0 radical (unpaired) electrons. The third kappa shape index (κ3) is 6.13. The number of hydrogen-bond donors (Lipinski definition) is 1. The Balaban J connectivity index is 1.64. The van der Waals surface area contributed by atoms with E-state index in [9.17, 15) is 14.0 Å². The maximum absolute atomic E-state index is 13.6. The van der Waals surface area contributed by atoms with Crippen LogP contribution in [0.1, 0.15) is 66.7 Å². The van der Waals surface area contributed by atoms with E-state index in [4.69, 9.17) is 16.3 Å². The quantitative estimate of drug-likeness (QED) is 0.413. The van der Waals surface area contributed by atoms with Gasteiger partial charge in [0.05, 0.1) is 28.2 Å².